The Hall–Kier alpha value is -2.10. The van der Waals surface area contributed by atoms with Gasteiger partial charge in [-0.25, -0.2) is 8.78 Å². The zero-order valence-corrected chi connectivity index (χ0v) is 17.1. The molecule has 0 saturated carbocycles. The van der Waals surface area contributed by atoms with Crippen LogP contribution in [0.25, 0.3) is 0 Å². The lowest BCUT2D eigenvalue weighted by molar-refractivity contribution is -0.143. The van der Waals surface area contributed by atoms with E-state index in [1.807, 2.05) is 11.8 Å². The number of benzene rings is 1. The first kappa shape index (κ1) is 22.6. The molecule has 0 amide bonds. The van der Waals surface area contributed by atoms with E-state index in [0.717, 1.165) is 12.1 Å². The van der Waals surface area contributed by atoms with Gasteiger partial charge < -0.3 is 15.1 Å². The molecule has 168 valence electrons. The molecule has 30 heavy (non-hydrogen) atoms. The molecule has 3 rings (SSSR count). The van der Waals surface area contributed by atoms with Gasteiger partial charge in [-0.3, -0.25) is 9.89 Å². The fourth-order valence-corrected chi connectivity index (χ4v) is 3.99. The number of halogens is 5. The van der Waals surface area contributed by atoms with Gasteiger partial charge in [0.05, 0.1) is 12.2 Å². The van der Waals surface area contributed by atoms with Gasteiger partial charge in [0.2, 0.25) is 0 Å². The van der Waals surface area contributed by atoms with Crippen LogP contribution in [0.3, 0.4) is 0 Å². The molecular weight excluding hydrogens is 405 g/mol. The van der Waals surface area contributed by atoms with Crippen LogP contribution in [0.15, 0.2) is 23.2 Å². The lowest BCUT2D eigenvalue weighted by Gasteiger charge is -2.37. The number of piperazine rings is 1. The van der Waals surface area contributed by atoms with Crippen LogP contribution in [-0.2, 0) is 0 Å². The number of guanidine groups is 1. The molecule has 0 bridgehead atoms. The van der Waals surface area contributed by atoms with Crippen molar-refractivity contribution in [3.8, 4) is 0 Å². The molecule has 1 unspecified atom stereocenters. The molecule has 2 aliphatic heterocycles. The molecule has 5 nitrogen and oxygen atoms in total. The van der Waals surface area contributed by atoms with E-state index in [-0.39, 0.29) is 11.6 Å². The molecule has 2 fully saturated rings. The van der Waals surface area contributed by atoms with Gasteiger partial charge in [-0.15, -0.1) is 0 Å². The van der Waals surface area contributed by atoms with Crippen LogP contribution >= 0.6 is 0 Å². The molecule has 0 aliphatic carbocycles. The summed E-state index contributed by atoms with van der Waals surface area (Å²) in [5, 5.41) is 3.23. The third kappa shape index (κ3) is 6.20. The Balaban J connectivity index is 1.55. The maximum atomic E-state index is 14.0. The highest BCUT2D eigenvalue weighted by atomic mass is 19.4. The maximum Gasteiger partial charge on any atom is 0.401 e. The van der Waals surface area contributed by atoms with Gasteiger partial charge in [-0.05, 0) is 37.9 Å². The second-order valence-electron chi connectivity index (χ2n) is 7.77. The van der Waals surface area contributed by atoms with Gasteiger partial charge in [0.1, 0.15) is 11.6 Å². The minimum atomic E-state index is -4.17. The van der Waals surface area contributed by atoms with Crippen molar-refractivity contribution in [1.29, 1.82) is 0 Å². The van der Waals surface area contributed by atoms with Crippen molar-refractivity contribution in [2.75, 3.05) is 63.8 Å². The lowest BCUT2D eigenvalue weighted by Crippen LogP contribution is -2.52. The van der Waals surface area contributed by atoms with Gasteiger partial charge in [0.15, 0.2) is 5.96 Å². The van der Waals surface area contributed by atoms with Crippen LogP contribution in [0.2, 0.25) is 0 Å². The van der Waals surface area contributed by atoms with Gasteiger partial charge in [-0.2, -0.15) is 13.2 Å². The summed E-state index contributed by atoms with van der Waals surface area (Å²) < 4.78 is 65.2. The number of anilines is 1. The first-order valence-corrected chi connectivity index (χ1v) is 10.3. The van der Waals surface area contributed by atoms with Crippen molar-refractivity contribution in [3.63, 3.8) is 0 Å². The van der Waals surface area contributed by atoms with Gasteiger partial charge in [0.25, 0.3) is 0 Å². The minimum Gasteiger partial charge on any atom is -0.366 e. The highest BCUT2D eigenvalue weighted by molar-refractivity contribution is 5.80. The number of hydrogen-bond donors (Lipinski definition) is 1. The van der Waals surface area contributed by atoms with Crippen LogP contribution in [0.4, 0.5) is 27.6 Å². The average molecular weight is 433 g/mol. The van der Waals surface area contributed by atoms with E-state index in [0.29, 0.717) is 64.7 Å². The van der Waals surface area contributed by atoms with Crippen LogP contribution in [0.1, 0.15) is 13.3 Å². The molecule has 0 aromatic heterocycles. The highest BCUT2D eigenvalue weighted by Crippen LogP contribution is 2.24. The molecule has 10 heteroatoms. The molecule has 2 heterocycles. The fourth-order valence-electron chi connectivity index (χ4n) is 3.99. The van der Waals surface area contributed by atoms with Gasteiger partial charge >= 0.3 is 6.18 Å². The van der Waals surface area contributed by atoms with Gasteiger partial charge in [-0.1, -0.05) is 0 Å². The van der Waals surface area contributed by atoms with E-state index in [1.165, 1.54) is 11.0 Å². The van der Waals surface area contributed by atoms with Crippen LogP contribution in [0, 0.1) is 17.6 Å². The van der Waals surface area contributed by atoms with Gasteiger partial charge in [0, 0.05) is 51.9 Å². The zero-order chi connectivity index (χ0) is 21.7. The first-order valence-electron chi connectivity index (χ1n) is 10.3. The molecule has 2 saturated heterocycles. The number of likely N-dealkylation sites (tertiary alicyclic amines) is 1. The highest BCUT2D eigenvalue weighted by Gasteiger charge is 2.34. The second-order valence-corrected chi connectivity index (χ2v) is 7.77. The summed E-state index contributed by atoms with van der Waals surface area (Å²) in [5.74, 6) is -0.107. The standard InChI is InChI=1S/C20H28F5N5/c1-2-26-19(27-12-15-5-6-28(13-15)14-20(23,24)25)30-9-7-29(8-10-30)18-11-16(21)3-4-17(18)22/h3-4,11,15H,2,5-10,12-14H2,1H3,(H,26,27). The number of aliphatic imine (C=N–C) groups is 1. The lowest BCUT2D eigenvalue weighted by atomic mass is 10.1. The summed E-state index contributed by atoms with van der Waals surface area (Å²) in [7, 11) is 0. The molecule has 1 aromatic carbocycles. The van der Waals surface area contributed by atoms with Crippen LogP contribution in [0.5, 0.6) is 0 Å². The number of rotatable bonds is 5. The Morgan fingerprint density at radius 2 is 1.87 bits per heavy atom. The molecule has 1 aromatic rings. The molecule has 1 N–H and O–H groups in total. The number of nitrogens with zero attached hydrogens (tertiary/aromatic N) is 4. The molecule has 0 radical (unpaired) electrons. The summed E-state index contributed by atoms with van der Waals surface area (Å²) >= 11 is 0. The van der Waals surface area contributed by atoms with Crippen molar-refractivity contribution in [1.82, 2.24) is 15.1 Å². The SMILES string of the molecule is CCNC(=NCC1CCN(CC(F)(F)F)C1)N1CCN(c2cc(F)ccc2F)CC1. The van der Waals surface area contributed by atoms with E-state index in [1.54, 1.807) is 0 Å². The van der Waals surface area contributed by atoms with E-state index >= 15 is 0 Å². The van der Waals surface area contributed by atoms with Crippen molar-refractivity contribution in [2.24, 2.45) is 10.9 Å². The van der Waals surface area contributed by atoms with Crippen molar-refractivity contribution in [2.45, 2.75) is 19.5 Å². The minimum absolute atomic E-state index is 0.101. The number of hydrogen-bond acceptors (Lipinski definition) is 3. The van der Waals surface area contributed by atoms with E-state index < -0.39 is 24.4 Å². The normalized spacial score (nSPS) is 21.4. The monoisotopic (exact) mass is 433 g/mol. The number of nitrogens with one attached hydrogen (secondary N) is 1. The van der Waals surface area contributed by atoms with Crippen molar-refractivity contribution in [3.05, 3.63) is 29.8 Å². The third-order valence-corrected chi connectivity index (χ3v) is 5.44. The summed E-state index contributed by atoms with van der Waals surface area (Å²) in [6.07, 6.45) is -3.47. The van der Waals surface area contributed by atoms with Crippen LogP contribution in [-0.4, -0.2) is 80.8 Å². The third-order valence-electron chi connectivity index (χ3n) is 5.44. The molecule has 2 aliphatic rings. The van der Waals surface area contributed by atoms with E-state index in [2.05, 4.69) is 15.2 Å². The molecular formula is C20H28F5N5. The Labute approximate surface area is 173 Å². The predicted octanol–water partition coefficient (Wildman–Crippen LogP) is 2.94. The summed E-state index contributed by atoms with van der Waals surface area (Å²) in [6.45, 7) is 5.28. The van der Waals surface area contributed by atoms with Crippen LogP contribution < -0.4 is 10.2 Å². The summed E-state index contributed by atoms with van der Waals surface area (Å²) in [5.41, 5.74) is 0.257. The summed E-state index contributed by atoms with van der Waals surface area (Å²) in [4.78, 5) is 9.95. The number of alkyl halides is 3. The van der Waals surface area contributed by atoms with E-state index in [4.69, 9.17) is 0 Å². The quantitative estimate of drug-likeness (QED) is 0.440. The fraction of sp³-hybridized carbons (Fsp3) is 0.650. The predicted molar refractivity (Wildman–Crippen MR) is 107 cm³/mol. The Morgan fingerprint density at radius 3 is 2.53 bits per heavy atom. The summed E-state index contributed by atoms with van der Waals surface area (Å²) in [6, 6.07) is 3.44. The topological polar surface area (TPSA) is 34.1 Å². The molecule has 0 spiro atoms. The average Bonchev–Trinajstić information content (AvgIpc) is 3.12. The largest absolute Gasteiger partial charge is 0.401 e. The Kier molecular flexibility index (Phi) is 7.38. The van der Waals surface area contributed by atoms with Crippen molar-refractivity contribution >= 4 is 11.6 Å². The van der Waals surface area contributed by atoms with Crippen molar-refractivity contribution < 1.29 is 22.0 Å². The Bertz CT molecular complexity index is 731. The second kappa shape index (κ2) is 9.80. The maximum absolute atomic E-state index is 14.0. The van der Waals surface area contributed by atoms with E-state index in [9.17, 15) is 22.0 Å². The smallest absolute Gasteiger partial charge is 0.366 e. The first-order chi connectivity index (χ1) is 14.2. The zero-order valence-electron chi connectivity index (χ0n) is 17.1. The Morgan fingerprint density at radius 1 is 1.13 bits per heavy atom. The molecule has 1 atom stereocenters.